The third kappa shape index (κ3) is 4.50. The quantitative estimate of drug-likeness (QED) is 0.863. The molecule has 112 valence electrons. The second-order valence-electron chi connectivity index (χ2n) is 4.95. The number of carbonyl (C=O) groups is 1. The van der Waals surface area contributed by atoms with Gasteiger partial charge in [-0.3, -0.25) is 4.79 Å². The Kier molecular flexibility index (Phi) is 5.87. The number of nitrogens with one attached hydrogen (secondary N) is 1. The van der Waals surface area contributed by atoms with E-state index in [9.17, 15) is 4.79 Å². The van der Waals surface area contributed by atoms with Crippen molar-refractivity contribution in [2.24, 2.45) is 0 Å². The molecule has 0 unspecified atom stereocenters. The summed E-state index contributed by atoms with van der Waals surface area (Å²) in [5, 5.41) is 12.3. The van der Waals surface area contributed by atoms with Gasteiger partial charge in [-0.2, -0.15) is 0 Å². The molecule has 0 saturated carbocycles. The number of aryl methyl sites for hydroxylation is 1. The van der Waals surface area contributed by atoms with Crippen LogP contribution in [0, 0.1) is 0 Å². The number of hydrogen-bond acceptors (Lipinski definition) is 6. The van der Waals surface area contributed by atoms with E-state index in [0.717, 1.165) is 43.9 Å². The number of methoxy groups -OCH3 is 1. The first-order valence-electron chi connectivity index (χ1n) is 7.08. The van der Waals surface area contributed by atoms with Gasteiger partial charge in [0, 0.05) is 26.6 Å². The van der Waals surface area contributed by atoms with E-state index < -0.39 is 0 Å². The molecule has 1 aromatic rings. The predicted molar refractivity (Wildman–Crippen MR) is 79.0 cm³/mol. The maximum atomic E-state index is 11.9. The van der Waals surface area contributed by atoms with Crippen LogP contribution in [-0.4, -0.2) is 53.9 Å². The topological polar surface area (TPSA) is 67.4 Å². The zero-order valence-corrected chi connectivity index (χ0v) is 12.9. The first-order chi connectivity index (χ1) is 9.71. The van der Waals surface area contributed by atoms with Gasteiger partial charge in [0.15, 0.2) is 0 Å². The van der Waals surface area contributed by atoms with Crippen LogP contribution in [-0.2, 0) is 16.0 Å². The summed E-state index contributed by atoms with van der Waals surface area (Å²) in [7, 11) is 1.75. The average Bonchev–Trinajstić information content (AvgIpc) is 2.93. The van der Waals surface area contributed by atoms with Crippen molar-refractivity contribution in [3.63, 3.8) is 0 Å². The van der Waals surface area contributed by atoms with Gasteiger partial charge in [0.2, 0.25) is 11.0 Å². The Morgan fingerprint density at radius 2 is 2.40 bits per heavy atom. The molecule has 0 spiro atoms. The Labute approximate surface area is 123 Å². The van der Waals surface area contributed by atoms with Crippen LogP contribution in [0.15, 0.2) is 0 Å². The molecule has 20 heavy (non-hydrogen) atoms. The van der Waals surface area contributed by atoms with E-state index in [1.165, 1.54) is 11.3 Å². The highest BCUT2D eigenvalue weighted by molar-refractivity contribution is 7.15. The molecule has 1 saturated heterocycles. The minimum atomic E-state index is 0.00310. The number of nitrogens with zero attached hydrogens (tertiary/aromatic N) is 3. The van der Waals surface area contributed by atoms with Gasteiger partial charge in [-0.25, -0.2) is 0 Å². The molecule has 1 N–H and O–H groups in total. The third-order valence-electron chi connectivity index (χ3n) is 3.47. The molecule has 2 heterocycles. The van der Waals surface area contributed by atoms with Gasteiger partial charge < -0.3 is 15.0 Å². The summed E-state index contributed by atoms with van der Waals surface area (Å²) in [5.74, 6) is 0.00310. The van der Waals surface area contributed by atoms with Gasteiger partial charge >= 0.3 is 0 Å². The van der Waals surface area contributed by atoms with Crippen LogP contribution < -0.4 is 5.32 Å². The normalized spacial score (nSPS) is 20.0. The SMILES string of the molecule is CCc1nnc(NC(=O)CCN2CCC[C@H](OC)C2)s1. The van der Waals surface area contributed by atoms with E-state index in [2.05, 4.69) is 20.4 Å². The van der Waals surface area contributed by atoms with E-state index in [0.29, 0.717) is 17.7 Å². The molecule has 2 rings (SSSR count). The number of rotatable bonds is 6. The number of aromatic nitrogens is 2. The van der Waals surface area contributed by atoms with E-state index in [4.69, 9.17) is 4.74 Å². The Bertz CT molecular complexity index is 438. The van der Waals surface area contributed by atoms with Crippen LogP contribution in [0.1, 0.15) is 31.2 Å². The molecule has 0 aliphatic carbocycles. The van der Waals surface area contributed by atoms with Crippen molar-refractivity contribution in [1.82, 2.24) is 15.1 Å². The van der Waals surface area contributed by atoms with Gasteiger partial charge in [0.05, 0.1) is 6.10 Å². The lowest BCUT2D eigenvalue weighted by Gasteiger charge is -2.31. The van der Waals surface area contributed by atoms with Gasteiger partial charge in [-0.1, -0.05) is 18.3 Å². The predicted octanol–water partition coefficient (Wildman–Crippen LogP) is 1.54. The number of likely N-dealkylation sites (tertiary alicyclic amines) is 1. The van der Waals surface area contributed by atoms with E-state index in [1.807, 2.05) is 6.92 Å². The minimum absolute atomic E-state index is 0.00310. The molecule has 1 atom stereocenters. The van der Waals surface area contributed by atoms with Crippen LogP contribution in [0.5, 0.6) is 0 Å². The fourth-order valence-corrected chi connectivity index (χ4v) is 2.99. The lowest BCUT2D eigenvalue weighted by atomic mass is 10.1. The van der Waals surface area contributed by atoms with Gasteiger partial charge in [-0.05, 0) is 25.8 Å². The number of anilines is 1. The Hall–Kier alpha value is -1.05. The van der Waals surface area contributed by atoms with Crippen LogP contribution >= 0.6 is 11.3 Å². The summed E-state index contributed by atoms with van der Waals surface area (Å²) in [6.07, 6.45) is 3.89. The molecule has 0 aromatic carbocycles. The first kappa shape index (κ1) is 15.3. The highest BCUT2D eigenvalue weighted by atomic mass is 32.1. The first-order valence-corrected chi connectivity index (χ1v) is 7.90. The minimum Gasteiger partial charge on any atom is -0.380 e. The van der Waals surface area contributed by atoms with E-state index >= 15 is 0 Å². The summed E-state index contributed by atoms with van der Waals surface area (Å²) in [6.45, 7) is 4.76. The van der Waals surface area contributed by atoms with Crippen molar-refractivity contribution in [2.75, 3.05) is 32.1 Å². The largest absolute Gasteiger partial charge is 0.380 e. The van der Waals surface area contributed by atoms with Crippen molar-refractivity contribution >= 4 is 22.4 Å². The van der Waals surface area contributed by atoms with Crippen molar-refractivity contribution in [2.45, 2.75) is 38.7 Å². The molecule has 1 fully saturated rings. The Morgan fingerprint density at radius 3 is 3.10 bits per heavy atom. The average molecular weight is 298 g/mol. The molecular formula is C13H22N4O2S. The molecule has 0 bridgehead atoms. The van der Waals surface area contributed by atoms with Crippen LogP contribution in [0.25, 0.3) is 0 Å². The number of carbonyl (C=O) groups excluding carboxylic acids is 1. The summed E-state index contributed by atoms with van der Waals surface area (Å²) < 4.78 is 5.38. The molecule has 1 aliphatic heterocycles. The van der Waals surface area contributed by atoms with Crippen molar-refractivity contribution < 1.29 is 9.53 Å². The summed E-state index contributed by atoms with van der Waals surface area (Å²) in [5.41, 5.74) is 0. The van der Waals surface area contributed by atoms with Crippen molar-refractivity contribution in [3.05, 3.63) is 5.01 Å². The van der Waals surface area contributed by atoms with Crippen molar-refractivity contribution in [1.29, 1.82) is 0 Å². The highest BCUT2D eigenvalue weighted by Gasteiger charge is 2.19. The zero-order chi connectivity index (χ0) is 14.4. The molecular weight excluding hydrogens is 276 g/mol. The number of amides is 1. The third-order valence-corrected chi connectivity index (χ3v) is 4.45. The lowest BCUT2D eigenvalue weighted by Crippen LogP contribution is -2.40. The molecule has 1 aliphatic rings. The summed E-state index contributed by atoms with van der Waals surface area (Å²) >= 11 is 1.44. The highest BCUT2D eigenvalue weighted by Crippen LogP contribution is 2.16. The smallest absolute Gasteiger partial charge is 0.227 e. The second-order valence-corrected chi connectivity index (χ2v) is 6.02. The molecule has 1 aromatic heterocycles. The molecule has 0 radical (unpaired) electrons. The number of piperidine rings is 1. The standard InChI is InChI=1S/C13H22N4O2S/c1-3-12-15-16-13(20-12)14-11(18)6-8-17-7-4-5-10(9-17)19-2/h10H,3-9H2,1-2H3,(H,14,16,18)/t10-/m0/s1. The second kappa shape index (κ2) is 7.66. The van der Waals surface area contributed by atoms with Crippen LogP contribution in [0.4, 0.5) is 5.13 Å². The van der Waals surface area contributed by atoms with Gasteiger partial charge in [0.1, 0.15) is 5.01 Å². The van der Waals surface area contributed by atoms with Gasteiger partial charge in [0.25, 0.3) is 0 Å². The fraction of sp³-hybridized carbons (Fsp3) is 0.769. The molecule has 6 nitrogen and oxygen atoms in total. The molecule has 1 amide bonds. The Balaban J connectivity index is 1.72. The summed E-state index contributed by atoms with van der Waals surface area (Å²) in [6, 6.07) is 0. The fourth-order valence-electron chi connectivity index (χ4n) is 2.30. The van der Waals surface area contributed by atoms with Crippen LogP contribution in [0.2, 0.25) is 0 Å². The zero-order valence-electron chi connectivity index (χ0n) is 12.1. The van der Waals surface area contributed by atoms with Gasteiger partial charge in [-0.15, -0.1) is 10.2 Å². The maximum absolute atomic E-state index is 11.9. The monoisotopic (exact) mass is 298 g/mol. The molecule has 7 heteroatoms. The number of hydrogen-bond donors (Lipinski definition) is 1. The van der Waals surface area contributed by atoms with E-state index in [1.54, 1.807) is 7.11 Å². The lowest BCUT2D eigenvalue weighted by molar-refractivity contribution is -0.116. The van der Waals surface area contributed by atoms with Crippen molar-refractivity contribution in [3.8, 4) is 0 Å². The Morgan fingerprint density at radius 1 is 1.55 bits per heavy atom. The summed E-state index contributed by atoms with van der Waals surface area (Å²) in [4.78, 5) is 14.2. The van der Waals surface area contributed by atoms with Crippen LogP contribution in [0.3, 0.4) is 0 Å². The van der Waals surface area contributed by atoms with E-state index in [-0.39, 0.29) is 5.91 Å². The maximum Gasteiger partial charge on any atom is 0.227 e. The number of ether oxygens (including phenoxy) is 1.